The molecule has 23 heavy (non-hydrogen) atoms. The largest absolute Gasteiger partial charge is 0.329 e. The van der Waals surface area contributed by atoms with Gasteiger partial charge in [-0.2, -0.15) is 0 Å². The second-order valence-corrected chi connectivity index (χ2v) is 5.94. The third-order valence-electron chi connectivity index (χ3n) is 4.63. The van der Waals surface area contributed by atoms with E-state index in [0.29, 0.717) is 0 Å². The molecule has 0 radical (unpaired) electrons. The molecule has 1 unspecified atom stereocenters. The summed E-state index contributed by atoms with van der Waals surface area (Å²) in [7, 11) is 0. The molecule has 3 rings (SSSR count). The van der Waals surface area contributed by atoms with Crippen LogP contribution in [-0.2, 0) is 24.2 Å². The molecule has 2 aromatic rings. The van der Waals surface area contributed by atoms with Crippen molar-refractivity contribution < 1.29 is 4.79 Å². The van der Waals surface area contributed by atoms with Crippen molar-refractivity contribution in [3.05, 3.63) is 41.7 Å². The van der Waals surface area contributed by atoms with Gasteiger partial charge in [-0.3, -0.25) is 4.79 Å². The van der Waals surface area contributed by atoms with Crippen LogP contribution in [-0.4, -0.2) is 28.0 Å². The van der Waals surface area contributed by atoms with Gasteiger partial charge in [0.15, 0.2) is 0 Å². The highest BCUT2D eigenvalue weighted by Crippen LogP contribution is 2.25. The molecule has 1 aliphatic rings. The van der Waals surface area contributed by atoms with Gasteiger partial charge in [0.05, 0.1) is 0 Å². The third kappa shape index (κ3) is 2.83. The third-order valence-corrected chi connectivity index (χ3v) is 4.63. The van der Waals surface area contributed by atoms with E-state index >= 15 is 0 Å². The lowest BCUT2D eigenvalue weighted by Crippen LogP contribution is -2.41. The average molecular weight is 312 g/mol. The Morgan fingerprint density at radius 1 is 1.26 bits per heavy atom. The molecule has 122 valence electrons. The zero-order valence-electron chi connectivity index (χ0n) is 14.0. The number of imidazole rings is 1. The monoisotopic (exact) mass is 312 g/mol. The predicted octanol–water partition coefficient (Wildman–Crippen LogP) is 2.86. The van der Waals surface area contributed by atoms with Gasteiger partial charge in [-0.1, -0.05) is 32.0 Å². The highest BCUT2D eigenvalue weighted by Gasteiger charge is 2.29. The van der Waals surface area contributed by atoms with Crippen LogP contribution >= 0.6 is 0 Å². The van der Waals surface area contributed by atoms with Crippen LogP contribution in [0, 0.1) is 0 Å². The van der Waals surface area contributed by atoms with E-state index in [0.717, 1.165) is 37.6 Å². The summed E-state index contributed by atoms with van der Waals surface area (Å²) in [6.45, 7) is 7.89. The lowest BCUT2D eigenvalue weighted by atomic mass is 10.0. The molecule has 0 aliphatic carbocycles. The van der Waals surface area contributed by atoms with E-state index < -0.39 is 0 Å². The fourth-order valence-electron chi connectivity index (χ4n) is 3.19. The standard InChI is InChI=1S/C18H24N4O/c1-4-14-7-6-8-15(5-2)16(14)20-17(23)13(3)22-12-11-21-10-9-19-18(21)22/h6-10,13H,4-5,11-12H2,1-3H3,(H,20,23). The van der Waals surface area contributed by atoms with Crippen molar-refractivity contribution in [3.63, 3.8) is 0 Å². The average Bonchev–Trinajstić information content (AvgIpc) is 3.17. The first kappa shape index (κ1) is 15.6. The molecule has 0 spiro atoms. The van der Waals surface area contributed by atoms with Gasteiger partial charge in [0, 0.05) is 31.2 Å². The molecular weight excluding hydrogens is 288 g/mol. The number of hydrogen-bond donors (Lipinski definition) is 1. The number of rotatable bonds is 5. The molecule has 0 saturated carbocycles. The second-order valence-electron chi connectivity index (χ2n) is 5.94. The number of carbonyl (C=O) groups excluding carboxylic acids is 1. The topological polar surface area (TPSA) is 50.2 Å². The quantitative estimate of drug-likeness (QED) is 0.923. The summed E-state index contributed by atoms with van der Waals surface area (Å²) in [5, 5.41) is 3.16. The van der Waals surface area contributed by atoms with Crippen molar-refractivity contribution in [1.82, 2.24) is 9.55 Å². The number of aryl methyl sites for hydroxylation is 2. The van der Waals surface area contributed by atoms with Crippen molar-refractivity contribution in [3.8, 4) is 0 Å². The van der Waals surface area contributed by atoms with Gasteiger partial charge in [0.1, 0.15) is 6.04 Å². The van der Waals surface area contributed by atoms with E-state index in [4.69, 9.17) is 0 Å². The van der Waals surface area contributed by atoms with Crippen LogP contribution in [0.5, 0.6) is 0 Å². The van der Waals surface area contributed by atoms with Crippen LogP contribution in [0.15, 0.2) is 30.6 Å². The number of nitrogens with one attached hydrogen (secondary N) is 1. The minimum absolute atomic E-state index is 0.0250. The Bertz CT molecular complexity index is 685. The van der Waals surface area contributed by atoms with Gasteiger partial charge in [-0.15, -0.1) is 0 Å². The first-order valence-corrected chi connectivity index (χ1v) is 8.35. The molecule has 1 aromatic carbocycles. The molecule has 0 fully saturated rings. The maximum absolute atomic E-state index is 12.8. The number of para-hydroxylation sites is 1. The van der Waals surface area contributed by atoms with Crippen LogP contribution in [0.25, 0.3) is 0 Å². The molecule has 5 nitrogen and oxygen atoms in total. The van der Waals surface area contributed by atoms with E-state index in [2.05, 4.69) is 51.8 Å². The maximum Gasteiger partial charge on any atom is 0.246 e. The van der Waals surface area contributed by atoms with Gasteiger partial charge >= 0.3 is 0 Å². The van der Waals surface area contributed by atoms with E-state index in [9.17, 15) is 4.79 Å². The Morgan fingerprint density at radius 3 is 2.61 bits per heavy atom. The molecular formula is C18H24N4O. The lowest BCUT2D eigenvalue weighted by Gasteiger charge is -2.25. The number of amides is 1. The molecule has 1 N–H and O–H groups in total. The van der Waals surface area contributed by atoms with Gasteiger partial charge in [0.2, 0.25) is 11.9 Å². The highest BCUT2D eigenvalue weighted by atomic mass is 16.2. The number of fused-ring (bicyclic) bond motifs is 1. The second kappa shape index (κ2) is 6.44. The molecule has 0 saturated heterocycles. The maximum atomic E-state index is 12.8. The Labute approximate surface area is 137 Å². The van der Waals surface area contributed by atoms with Gasteiger partial charge < -0.3 is 14.8 Å². The SMILES string of the molecule is CCc1cccc(CC)c1NC(=O)C(C)N1CCn2ccnc21. The molecule has 1 aliphatic heterocycles. The summed E-state index contributed by atoms with van der Waals surface area (Å²) in [6.07, 6.45) is 5.56. The summed E-state index contributed by atoms with van der Waals surface area (Å²) in [5.74, 6) is 0.907. The normalized spacial score (nSPS) is 14.7. The zero-order chi connectivity index (χ0) is 16.4. The first-order chi connectivity index (χ1) is 11.2. The Morgan fingerprint density at radius 2 is 1.96 bits per heavy atom. The first-order valence-electron chi connectivity index (χ1n) is 8.35. The Balaban J connectivity index is 1.80. The number of anilines is 2. The van der Waals surface area contributed by atoms with Crippen LogP contribution < -0.4 is 10.2 Å². The van der Waals surface area contributed by atoms with Crippen LogP contribution in [0.4, 0.5) is 11.6 Å². The molecule has 1 amide bonds. The van der Waals surface area contributed by atoms with Crippen molar-refractivity contribution >= 4 is 17.5 Å². The summed E-state index contributed by atoms with van der Waals surface area (Å²) in [4.78, 5) is 19.2. The summed E-state index contributed by atoms with van der Waals surface area (Å²) in [5.41, 5.74) is 3.36. The molecule has 1 aromatic heterocycles. The van der Waals surface area contributed by atoms with Crippen LogP contribution in [0.3, 0.4) is 0 Å². The summed E-state index contributed by atoms with van der Waals surface area (Å²) < 4.78 is 2.08. The van der Waals surface area contributed by atoms with Gasteiger partial charge in [0.25, 0.3) is 0 Å². The van der Waals surface area contributed by atoms with Crippen molar-refractivity contribution in [1.29, 1.82) is 0 Å². The van der Waals surface area contributed by atoms with E-state index in [1.165, 1.54) is 11.1 Å². The smallest absolute Gasteiger partial charge is 0.246 e. The number of carbonyl (C=O) groups is 1. The van der Waals surface area contributed by atoms with Gasteiger partial charge in [-0.25, -0.2) is 4.98 Å². The fraction of sp³-hybridized carbons (Fsp3) is 0.444. The van der Waals surface area contributed by atoms with E-state index in [1.54, 1.807) is 6.20 Å². The van der Waals surface area contributed by atoms with Crippen molar-refractivity contribution in [2.75, 3.05) is 16.8 Å². The molecule has 2 heterocycles. The summed E-state index contributed by atoms with van der Waals surface area (Å²) in [6, 6.07) is 5.99. The van der Waals surface area contributed by atoms with Crippen molar-refractivity contribution in [2.24, 2.45) is 0 Å². The van der Waals surface area contributed by atoms with E-state index in [1.807, 2.05) is 13.1 Å². The Kier molecular flexibility index (Phi) is 4.37. The minimum atomic E-state index is -0.242. The number of nitrogens with zero attached hydrogens (tertiary/aromatic N) is 3. The Hall–Kier alpha value is -2.30. The predicted molar refractivity (Wildman–Crippen MR) is 92.9 cm³/mol. The number of benzene rings is 1. The molecule has 1 atom stereocenters. The van der Waals surface area contributed by atoms with Gasteiger partial charge in [-0.05, 0) is 30.9 Å². The van der Waals surface area contributed by atoms with E-state index in [-0.39, 0.29) is 11.9 Å². The fourth-order valence-corrected chi connectivity index (χ4v) is 3.19. The molecule has 0 bridgehead atoms. The van der Waals surface area contributed by atoms with Crippen molar-refractivity contribution in [2.45, 2.75) is 46.2 Å². The summed E-state index contributed by atoms with van der Waals surface area (Å²) >= 11 is 0. The minimum Gasteiger partial charge on any atom is -0.329 e. The number of aromatic nitrogens is 2. The van der Waals surface area contributed by atoms with Crippen LogP contribution in [0.1, 0.15) is 31.9 Å². The molecule has 5 heteroatoms. The lowest BCUT2D eigenvalue weighted by molar-refractivity contribution is -0.117. The number of hydrogen-bond acceptors (Lipinski definition) is 3. The van der Waals surface area contributed by atoms with Crippen LogP contribution in [0.2, 0.25) is 0 Å². The highest BCUT2D eigenvalue weighted by molar-refractivity contribution is 5.97. The zero-order valence-corrected chi connectivity index (χ0v) is 14.0.